The van der Waals surface area contributed by atoms with Crippen LogP contribution in [-0.4, -0.2) is 37.0 Å². The third-order valence-corrected chi connectivity index (χ3v) is 4.61. The van der Waals surface area contributed by atoms with Crippen LogP contribution in [0, 0.1) is 0 Å². The quantitative estimate of drug-likeness (QED) is 0.912. The number of carbonyl (C=O) groups is 1. The molecule has 0 radical (unpaired) electrons. The van der Waals surface area contributed by atoms with Gasteiger partial charge in [0.2, 0.25) is 5.91 Å². The number of hydrogen-bond acceptors (Lipinski definition) is 3. The minimum Gasteiger partial charge on any atom is -0.496 e. The highest BCUT2D eigenvalue weighted by Gasteiger charge is 2.54. The molecule has 1 heterocycles. The first-order valence-corrected chi connectivity index (χ1v) is 7.36. The smallest absolute Gasteiger partial charge is 0.233 e. The van der Waals surface area contributed by atoms with Crippen LogP contribution in [0.5, 0.6) is 5.75 Å². The van der Waals surface area contributed by atoms with E-state index >= 15 is 0 Å². The molecule has 20 heavy (non-hydrogen) atoms. The van der Waals surface area contributed by atoms with Crippen molar-refractivity contribution in [1.82, 2.24) is 4.90 Å². The lowest BCUT2D eigenvalue weighted by Crippen LogP contribution is -2.46. The lowest BCUT2D eigenvalue weighted by molar-refractivity contribution is -0.135. The number of methoxy groups -OCH3 is 1. The van der Waals surface area contributed by atoms with E-state index in [1.165, 1.54) is 0 Å². The Morgan fingerprint density at radius 1 is 1.30 bits per heavy atom. The van der Waals surface area contributed by atoms with Crippen LogP contribution >= 0.6 is 0 Å². The van der Waals surface area contributed by atoms with E-state index in [1.54, 1.807) is 7.11 Å². The van der Waals surface area contributed by atoms with Gasteiger partial charge in [0.1, 0.15) is 5.75 Å². The van der Waals surface area contributed by atoms with Crippen LogP contribution in [0.15, 0.2) is 24.3 Å². The fourth-order valence-corrected chi connectivity index (χ4v) is 3.17. The Labute approximate surface area is 119 Å². The van der Waals surface area contributed by atoms with Crippen LogP contribution in [0.25, 0.3) is 0 Å². The number of rotatable bonds is 3. The Bertz CT molecular complexity index is 503. The summed E-state index contributed by atoms with van der Waals surface area (Å²) in [7, 11) is 1.67. The first-order chi connectivity index (χ1) is 9.67. The molecule has 2 N–H and O–H groups in total. The highest BCUT2D eigenvalue weighted by atomic mass is 16.5. The number of piperidine rings is 1. The molecule has 0 aromatic heterocycles. The molecule has 0 unspecified atom stereocenters. The monoisotopic (exact) mass is 274 g/mol. The van der Waals surface area contributed by atoms with E-state index in [-0.39, 0.29) is 17.4 Å². The summed E-state index contributed by atoms with van der Waals surface area (Å²) in [5.41, 5.74) is 6.63. The van der Waals surface area contributed by atoms with Crippen molar-refractivity contribution in [2.24, 2.45) is 5.73 Å². The van der Waals surface area contributed by atoms with Crippen molar-refractivity contribution in [2.75, 3.05) is 20.2 Å². The molecule has 2 fully saturated rings. The number of para-hydroxylation sites is 1. The number of hydrogen-bond donors (Lipinski definition) is 1. The summed E-state index contributed by atoms with van der Waals surface area (Å²) in [6, 6.07) is 8.15. The summed E-state index contributed by atoms with van der Waals surface area (Å²) in [5, 5.41) is 0. The average Bonchev–Trinajstić information content (AvgIpc) is 3.29. The maximum absolute atomic E-state index is 12.9. The Morgan fingerprint density at radius 3 is 2.55 bits per heavy atom. The molecule has 4 nitrogen and oxygen atoms in total. The first-order valence-electron chi connectivity index (χ1n) is 7.36. The number of nitrogens with zero attached hydrogens (tertiary/aromatic N) is 1. The number of likely N-dealkylation sites (tertiary alicyclic amines) is 1. The minimum atomic E-state index is -0.339. The molecule has 1 saturated carbocycles. The second-order valence-corrected chi connectivity index (χ2v) is 5.91. The molecule has 1 aromatic rings. The molecule has 4 heteroatoms. The van der Waals surface area contributed by atoms with Crippen molar-refractivity contribution in [3.8, 4) is 5.75 Å². The van der Waals surface area contributed by atoms with Gasteiger partial charge in [-0.25, -0.2) is 0 Å². The lowest BCUT2D eigenvalue weighted by atomic mass is 9.92. The van der Waals surface area contributed by atoms with Crippen LogP contribution in [0.4, 0.5) is 0 Å². The largest absolute Gasteiger partial charge is 0.496 e. The predicted molar refractivity (Wildman–Crippen MR) is 77.7 cm³/mol. The van der Waals surface area contributed by atoms with Crippen LogP contribution in [-0.2, 0) is 10.2 Å². The van der Waals surface area contributed by atoms with Gasteiger partial charge in [0.15, 0.2) is 0 Å². The maximum Gasteiger partial charge on any atom is 0.233 e. The van der Waals surface area contributed by atoms with Gasteiger partial charge in [0.05, 0.1) is 12.5 Å². The third-order valence-electron chi connectivity index (χ3n) is 4.61. The van der Waals surface area contributed by atoms with Crippen molar-refractivity contribution < 1.29 is 9.53 Å². The average molecular weight is 274 g/mol. The molecule has 1 aliphatic heterocycles. The number of ether oxygens (including phenoxy) is 1. The Kier molecular flexibility index (Phi) is 3.42. The van der Waals surface area contributed by atoms with Gasteiger partial charge in [0.25, 0.3) is 0 Å². The molecule has 3 rings (SSSR count). The highest BCUT2D eigenvalue weighted by Crippen LogP contribution is 2.52. The third kappa shape index (κ3) is 2.18. The van der Waals surface area contributed by atoms with Crippen molar-refractivity contribution in [3.63, 3.8) is 0 Å². The summed E-state index contributed by atoms with van der Waals surface area (Å²) in [6.07, 6.45) is 3.67. The molecule has 1 saturated heterocycles. The Morgan fingerprint density at radius 2 is 1.95 bits per heavy atom. The molecule has 0 spiro atoms. The van der Waals surface area contributed by atoms with Gasteiger partial charge >= 0.3 is 0 Å². The SMILES string of the molecule is COc1ccccc1C1(C(=O)N2CCC(N)CC2)CC1. The summed E-state index contributed by atoms with van der Waals surface area (Å²) in [5.74, 6) is 1.08. The molecule has 1 aromatic carbocycles. The zero-order chi connectivity index (χ0) is 14.2. The van der Waals surface area contributed by atoms with Crippen LogP contribution in [0.1, 0.15) is 31.2 Å². The first kappa shape index (κ1) is 13.4. The topological polar surface area (TPSA) is 55.6 Å². The standard InChI is InChI=1S/C16H22N2O2/c1-20-14-5-3-2-4-13(14)16(8-9-16)15(19)18-10-6-12(17)7-11-18/h2-5,12H,6-11,17H2,1H3. The number of benzene rings is 1. The zero-order valence-electron chi connectivity index (χ0n) is 12.0. The number of amides is 1. The molecule has 1 aliphatic carbocycles. The van der Waals surface area contributed by atoms with Crippen molar-refractivity contribution in [2.45, 2.75) is 37.1 Å². The van der Waals surface area contributed by atoms with E-state index in [1.807, 2.05) is 29.2 Å². The fraction of sp³-hybridized carbons (Fsp3) is 0.562. The van der Waals surface area contributed by atoms with Crippen LogP contribution in [0.3, 0.4) is 0 Å². The maximum atomic E-state index is 12.9. The summed E-state index contributed by atoms with van der Waals surface area (Å²) >= 11 is 0. The van der Waals surface area contributed by atoms with Gasteiger partial charge in [-0.3, -0.25) is 4.79 Å². The predicted octanol–water partition coefficient (Wildman–Crippen LogP) is 1.68. The number of nitrogens with two attached hydrogens (primary N) is 1. The van der Waals surface area contributed by atoms with E-state index in [9.17, 15) is 4.79 Å². The van der Waals surface area contributed by atoms with Gasteiger partial charge in [0, 0.05) is 24.7 Å². The van der Waals surface area contributed by atoms with Crippen molar-refractivity contribution >= 4 is 5.91 Å². The van der Waals surface area contributed by atoms with E-state index in [4.69, 9.17) is 10.5 Å². The lowest BCUT2D eigenvalue weighted by Gasteiger charge is -2.33. The molecular weight excluding hydrogens is 252 g/mol. The molecule has 108 valence electrons. The second kappa shape index (κ2) is 5.09. The van der Waals surface area contributed by atoms with E-state index in [0.29, 0.717) is 0 Å². The van der Waals surface area contributed by atoms with Gasteiger partial charge in [-0.2, -0.15) is 0 Å². The highest BCUT2D eigenvalue weighted by molar-refractivity contribution is 5.92. The minimum absolute atomic E-state index is 0.250. The van der Waals surface area contributed by atoms with E-state index < -0.39 is 0 Å². The van der Waals surface area contributed by atoms with Crippen molar-refractivity contribution in [1.29, 1.82) is 0 Å². The van der Waals surface area contributed by atoms with Crippen LogP contribution < -0.4 is 10.5 Å². The zero-order valence-corrected chi connectivity index (χ0v) is 12.0. The molecule has 2 aliphatic rings. The van der Waals surface area contributed by atoms with Crippen LogP contribution in [0.2, 0.25) is 0 Å². The van der Waals surface area contributed by atoms with E-state index in [0.717, 1.165) is 50.1 Å². The van der Waals surface area contributed by atoms with Gasteiger partial charge in [-0.05, 0) is 31.7 Å². The van der Waals surface area contributed by atoms with E-state index in [2.05, 4.69) is 0 Å². The normalized spacial score (nSPS) is 21.6. The Balaban J connectivity index is 1.83. The molecule has 0 bridgehead atoms. The van der Waals surface area contributed by atoms with Gasteiger partial charge in [-0.15, -0.1) is 0 Å². The van der Waals surface area contributed by atoms with Gasteiger partial charge < -0.3 is 15.4 Å². The summed E-state index contributed by atoms with van der Waals surface area (Å²) < 4.78 is 5.44. The summed E-state index contributed by atoms with van der Waals surface area (Å²) in [6.45, 7) is 1.58. The number of carbonyl (C=O) groups excluding carboxylic acids is 1. The second-order valence-electron chi connectivity index (χ2n) is 5.91. The fourth-order valence-electron chi connectivity index (χ4n) is 3.17. The molecular formula is C16H22N2O2. The van der Waals surface area contributed by atoms with Crippen molar-refractivity contribution in [3.05, 3.63) is 29.8 Å². The molecule has 1 amide bonds. The Hall–Kier alpha value is -1.55. The molecule has 0 atom stereocenters. The van der Waals surface area contributed by atoms with Gasteiger partial charge in [-0.1, -0.05) is 18.2 Å². The summed E-state index contributed by atoms with van der Waals surface area (Å²) in [4.78, 5) is 14.9.